The van der Waals surface area contributed by atoms with Crippen molar-refractivity contribution in [2.24, 2.45) is 0 Å². The topological polar surface area (TPSA) is 69.0 Å². The van der Waals surface area contributed by atoms with Gasteiger partial charge in [-0.25, -0.2) is 9.67 Å². The number of nitrogens with one attached hydrogen (secondary N) is 1. The Bertz CT molecular complexity index is 1110. The lowest BCUT2D eigenvalue weighted by Crippen LogP contribution is -2.13. The molecule has 1 N–H and O–H groups in total. The third-order valence-electron chi connectivity index (χ3n) is 3.74. The molecule has 0 spiro atoms. The molecule has 6 nitrogen and oxygen atoms in total. The summed E-state index contributed by atoms with van der Waals surface area (Å²) in [5.41, 5.74) is 1.70. The van der Waals surface area contributed by atoms with Crippen LogP contribution in [0.1, 0.15) is 10.5 Å². The molecule has 4 aromatic rings. The zero-order chi connectivity index (χ0) is 18.1. The second-order valence-corrected chi connectivity index (χ2v) is 6.81. The zero-order valence-corrected chi connectivity index (χ0v) is 15.2. The molecule has 1 amide bonds. The molecule has 0 radical (unpaired) electrons. The molecule has 4 rings (SSSR count). The van der Waals surface area contributed by atoms with E-state index in [0.717, 1.165) is 10.2 Å². The number of fused-ring (bicyclic) bond motifs is 1. The fourth-order valence-electron chi connectivity index (χ4n) is 2.52. The smallest absolute Gasteiger partial charge is 0.277 e. The van der Waals surface area contributed by atoms with Gasteiger partial charge in [-0.1, -0.05) is 41.1 Å². The predicted molar refractivity (Wildman–Crippen MR) is 103 cm³/mol. The predicted octanol–water partition coefficient (Wildman–Crippen LogP) is 4.40. The highest BCUT2D eigenvalue weighted by Crippen LogP contribution is 2.32. The normalized spacial score (nSPS) is 10.8. The van der Waals surface area contributed by atoms with E-state index in [1.165, 1.54) is 11.3 Å². The maximum atomic E-state index is 12.5. The molecule has 2 aromatic heterocycles. The van der Waals surface area contributed by atoms with Crippen LogP contribution in [0.2, 0.25) is 5.02 Å². The summed E-state index contributed by atoms with van der Waals surface area (Å²) < 4.78 is 7.80. The summed E-state index contributed by atoms with van der Waals surface area (Å²) in [6, 6.07) is 14.6. The maximum absolute atomic E-state index is 12.5. The van der Waals surface area contributed by atoms with Crippen molar-refractivity contribution in [1.29, 1.82) is 0 Å². The van der Waals surface area contributed by atoms with Gasteiger partial charge in [0.05, 0.1) is 22.5 Å². The fraction of sp³-hybridized carbons (Fsp3) is 0.0556. The van der Waals surface area contributed by atoms with E-state index in [-0.39, 0.29) is 11.6 Å². The summed E-state index contributed by atoms with van der Waals surface area (Å²) in [5.74, 6) is 0.330. The Morgan fingerprint density at radius 1 is 1.19 bits per heavy atom. The maximum Gasteiger partial charge on any atom is 0.277 e. The second-order valence-electron chi connectivity index (χ2n) is 5.38. The molecule has 0 saturated heterocycles. The quantitative estimate of drug-likeness (QED) is 0.566. The number of hydrogen-bond donors (Lipinski definition) is 1. The molecule has 0 fully saturated rings. The molecule has 2 aromatic carbocycles. The monoisotopic (exact) mass is 384 g/mol. The van der Waals surface area contributed by atoms with Crippen molar-refractivity contribution in [1.82, 2.24) is 14.8 Å². The number of thiazole rings is 1. The van der Waals surface area contributed by atoms with Crippen molar-refractivity contribution in [3.63, 3.8) is 0 Å². The van der Waals surface area contributed by atoms with E-state index in [1.54, 1.807) is 30.1 Å². The second kappa shape index (κ2) is 6.78. The minimum atomic E-state index is -0.339. The van der Waals surface area contributed by atoms with Crippen molar-refractivity contribution >= 4 is 44.2 Å². The van der Waals surface area contributed by atoms with Crippen LogP contribution in [0.25, 0.3) is 15.9 Å². The van der Waals surface area contributed by atoms with Gasteiger partial charge in [-0.3, -0.25) is 10.1 Å². The number of nitrogens with zero attached hydrogens (tertiary/aromatic N) is 3. The van der Waals surface area contributed by atoms with Gasteiger partial charge in [-0.2, -0.15) is 5.10 Å². The third-order valence-corrected chi connectivity index (χ3v) is 5.00. The molecule has 0 unspecified atom stereocenters. The van der Waals surface area contributed by atoms with Crippen molar-refractivity contribution in [2.75, 3.05) is 12.4 Å². The first-order valence-electron chi connectivity index (χ1n) is 7.71. The van der Waals surface area contributed by atoms with Gasteiger partial charge in [0.15, 0.2) is 10.8 Å². The van der Waals surface area contributed by atoms with E-state index in [9.17, 15) is 4.79 Å². The van der Waals surface area contributed by atoms with Crippen LogP contribution >= 0.6 is 22.9 Å². The molecule has 130 valence electrons. The molecule has 0 saturated carbocycles. The first-order chi connectivity index (χ1) is 12.7. The van der Waals surface area contributed by atoms with E-state index in [2.05, 4.69) is 15.4 Å². The number of anilines is 1. The van der Waals surface area contributed by atoms with E-state index in [0.29, 0.717) is 21.6 Å². The van der Waals surface area contributed by atoms with Crippen LogP contribution in [-0.2, 0) is 0 Å². The first-order valence-corrected chi connectivity index (χ1v) is 8.90. The van der Waals surface area contributed by atoms with Gasteiger partial charge in [0.1, 0.15) is 11.3 Å². The summed E-state index contributed by atoms with van der Waals surface area (Å²) >= 11 is 7.55. The first kappa shape index (κ1) is 16.6. The van der Waals surface area contributed by atoms with Crippen LogP contribution in [-0.4, -0.2) is 27.8 Å². The number of carbonyl (C=O) groups is 1. The van der Waals surface area contributed by atoms with Crippen LogP contribution in [0.3, 0.4) is 0 Å². The fourth-order valence-corrected chi connectivity index (χ4v) is 3.62. The minimum Gasteiger partial charge on any atom is -0.494 e. The molecule has 8 heteroatoms. The Morgan fingerprint density at radius 2 is 2.04 bits per heavy atom. The summed E-state index contributed by atoms with van der Waals surface area (Å²) in [5, 5.41) is 8.12. The number of rotatable bonds is 4. The number of amides is 1. The Morgan fingerprint density at radius 3 is 2.85 bits per heavy atom. The number of hydrogen-bond acceptors (Lipinski definition) is 5. The Balaban J connectivity index is 1.59. The number of ether oxygens (including phenoxy) is 1. The van der Waals surface area contributed by atoms with Crippen LogP contribution in [0.4, 0.5) is 5.13 Å². The number of carbonyl (C=O) groups excluding carboxylic acids is 1. The molecule has 0 bridgehead atoms. The Labute approximate surface area is 158 Å². The molecule has 0 aliphatic heterocycles. The number of aromatic nitrogens is 3. The zero-order valence-electron chi connectivity index (χ0n) is 13.6. The summed E-state index contributed by atoms with van der Waals surface area (Å²) in [4.78, 5) is 16.9. The lowest BCUT2D eigenvalue weighted by atomic mass is 10.3. The van der Waals surface area contributed by atoms with Gasteiger partial charge in [-0.15, -0.1) is 0 Å². The van der Waals surface area contributed by atoms with Crippen molar-refractivity contribution in [3.8, 4) is 11.4 Å². The summed E-state index contributed by atoms with van der Waals surface area (Å²) in [7, 11) is 1.59. The lowest BCUT2D eigenvalue weighted by molar-refractivity contribution is 0.102. The van der Waals surface area contributed by atoms with E-state index >= 15 is 0 Å². The highest BCUT2D eigenvalue weighted by Gasteiger charge is 2.15. The van der Waals surface area contributed by atoms with Gasteiger partial charge in [0.2, 0.25) is 0 Å². The number of halogens is 1. The van der Waals surface area contributed by atoms with Crippen LogP contribution < -0.4 is 10.1 Å². The van der Waals surface area contributed by atoms with Crippen molar-refractivity contribution in [3.05, 3.63) is 65.4 Å². The highest BCUT2D eigenvalue weighted by atomic mass is 35.5. The van der Waals surface area contributed by atoms with Crippen LogP contribution in [0.15, 0.2) is 54.7 Å². The largest absolute Gasteiger partial charge is 0.494 e. The Kier molecular flexibility index (Phi) is 4.32. The SMILES string of the molecule is COc1cccc2sc(NC(=O)c3ccn(-c4ccccc4Cl)n3)nc12. The van der Waals surface area contributed by atoms with Gasteiger partial charge < -0.3 is 4.74 Å². The molecule has 2 heterocycles. The molecular weight excluding hydrogens is 372 g/mol. The molecule has 0 aliphatic rings. The Hall–Kier alpha value is -2.90. The number of methoxy groups -OCH3 is 1. The average molecular weight is 385 g/mol. The molecular formula is C18H13ClN4O2S. The molecule has 26 heavy (non-hydrogen) atoms. The summed E-state index contributed by atoms with van der Waals surface area (Å²) in [6.45, 7) is 0. The summed E-state index contributed by atoms with van der Waals surface area (Å²) in [6.07, 6.45) is 1.69. The minimum absolute atomic E-state index is 0.274. The van der Waals surface area contributed by atoms with E-state index in [1.807, 2.05) is 36.4 Å². The van der Waals surface area contributed by atoms with Crippen LogP contribution in [0.5, 0.6) is 5.75 Å². The average Bonchev–Trinajstić information content (AvgIpc) is 3.28. The van der Waals surface area contributed by atoms with Gasteiger partial charge in [0, 0.05) is 6.20 Å². The molecule has 0 atom stereocenters. The van der Waals surface area contributed by atoms with Gasteiger partial charge in [0.25, 0.3) is 5.91 Å². The number of benzene rings is 2. The number of para-hydroxylation sites is 2. The van der Waals surface area contributed by atoms with Crippen molar-refractivity contribution in [2.45, 2.75) is 0 Å². The van der Waals surface area contributed by atoms with E-state index in [4.69, 9.17) is 16.3 Å². The standard InChI is InChI=1S/C18H13ClN4O2S/c1-25-14-7-4-8-15-16(14)20-18(26-15)21-17(24)12-9-10-23(22-12)13-6-3-2-5-11(13)19/h2-10H,1H3,(H,20,21,24). The van der Waals surface area contributed by atoms with Gasteiger partial charge in [-0.05, 0) is 30.3 Å². The van der Waals surface area contributed by atoms with Gasteiger partial charge >= 0.3 is 0 Å². The molecule has 0 aliphatic carbocycles. The third kappa shape index (κ3) is 3.02. The van der Waals surface area contributed by atoms with Crippen molar-refractivity contribution < 1.29 is 9.53 Å². The van der Waals surface area contributed by atoms with E-state index < -0.39 is 0 Å². The van der Waals surface area contributed by atoms with Crippen LogP contribution in [0, 0.1) is 0 Å². The highest BCUT2D eigenvalue weighted by molar-refractivity contribution is 7.22. The lowest BCUT2D eigenvalue weighted by Gasteiger charge is -2.03.